The Bertz CT molecular complexity index is 373. The van der Waals surface area contributed by atoms with Crippen LogP contribution < -0.4 is 5.32 Å². The summed E-state index contributed by atoms with van der Waals surface area (Å²) in [6.45, 7) is 9.08. The van der Waals surface area contributed by atoms with Crippen LogP contribution in [-0.2, 0) is 0 Å². The Morgan fingerprint density at radius 2 is 1.83 bits per heavy atom. The van der Waals surface area contributed by atoms with Crippen LogP contribution in [0.2, 0.25) is 0 Å². The third-order valence-electron chi connectivity index (χ3n) is 3.46. The van der Waals surface area contributed by atoms with Gasteiger partial charge >= 0.3 is 0 Å². The Hall–Kier alpha value is -0.340. The van der Waals surface area contributed by atoms with E-state index < -0.39 is 0 Å². The highest BCUT2D eigenvalue weighted by Gasteiger charge is 2.15. The molecule has 0 aliphatic heterocycles. The van der Waals surface area contributed by atoms with Crippen LogP contribution in [0.15, 0.2) is 22.7 Å². The zero-order chi connectivity index (χ0) is 13.7. The monoisotopic (exact) mass is 311 g/mol. The Kier molecular flexibility index (Phi) is 6.37. The number of hydrogen-bond acceptors (Lipinski definition) is 1. The molecule has 1 N–H and O–H groups in total. The van der Waals surface area contributed by atoms with Crippen molar-refractivity contribution in [1.82, 2.24) is 5.32 Å². The predicted molar refractivity (Wildman–Crippen MR) is 83.9 cm³/mol. The highest BCUT2D eigenvalue weighted by Crippen LogP contribution is 2.28. The molecule has 1 rings (SSSR count). The Labute approximate surface area is 120 Å². The fourth-order valence-corrected chi connectivity index (χ4v) is 2.95. The van der Waals surface area contributed by atoms with Crippen LogP contribution in [0.1, 0.15) is 50.8 Å². The molecule has 0 fully saturated rings. The third-order valence-corrected chi connectivity index (χ3v) is 4.31. The van der Waals surface area contributed by atoms with Gasteiger partial charge in [0.05, 0.1) is 0 Å². The van der Waals surface area contributed by atoms with Gasteiger partial charge in [0.25, 0.3) is 0 Å². The summed E-state index contributed by atoms with van der Waals surface area (Å²) >= 11 is 3.62. The summed E-state index contributed by atoms with van der Waals surface area (Å²) in [4.78, 5) is 0. The normalized spacial score (nSPS) is 14.8. The molecule has 0 radical (unpaired) electrons. The zero-order valence-corrected chi connectivity index (χ0v) is 13.8. The van der Waals surface area contributed by atoms with E-state index in [0.717, 1.165) is 11.8 Å². The Morgan fingerprint density at radius 1 is 1.17 bits per heavy atom. The van der Waals surface area contributed by atoms with E-state index in [1.165, 1.54) is 28.4 Å². The summed E-state index contributed by atoms with van der Waals surface area (Å²) in [6, 6.07) is 7.13. The molecule has 0 amide bonds. The molecule has 0 spiro atoms. The first-order chi connectivity index (χ1) is 8.43. The van der Waals surface area contributed by atoms with E-state index in [1.807, 2.05) is 0 Å². The minimum Gasteiger partial charge on any atom is -0.313 e. The number of nitrogens with one attached hydrogen (secondary N) is 1. The van der Waals surface area contributed by atoms with E-state index in [2.05, 4.69) is 74.2 Å². The van der Waals surface area contributed by atoms with Gasteiger partial charge in [-0.1, -0.05) is 48.8 Å². The maximum atomic E-state index is 3.62. The zero-order valence-electron chi connectivity index (χ0n) is 12.3. The van der Waals surface area contributed by atoms with Crippen molar-refractivity contribution in [3.8, 4) is 0 Å². The van der Waals surface area contributed by atoms with Crippen molar-refractivity contribution >= 4 is 15.9 Å². The number of halogens is 1. The summed E-state index contributed by atoms with van der Waals surface area (Å²) in [6.07, 6.45) is 2.50. The minimum atomic E-state index is 0.454. The molecule has 0 heterocycles. The second-order valence-electron chi connectivity index (χ2n) is 5.82. The quantitative estimate of drug-likeness (QED) is 0.771. The summed E-state index contributed by atoms with van der Waals surface area (Å²) in [7, 11) is 2.06. The van der Waals surface area contributed by atoms with E-state index in [1.54, 1.807) is 0 Å². The molecule has 1 aromatic rings. The number of aryl methyl sites for hydroxylation is 1. The first-order valence-electron chi connectivity index (χ1n) is 6.87. The summed E-state index contributed by atoms with van der Waals surface area (Å²) in [5.41, 5.74) is 2.68. The minimum absolute atomic E-state index is 0.454. The molecule has 18 heavy (non-hydrogen) atoms. The molecule has 1 nitrogen and oxygen atoms in total. The lowest BCUT2D eigenvalue weighted by Crippen LogP contribution is -2.19. The predicted octanol–water partition coefficient (Wildman–Crippen LogP) is 5.09. The lowest BCUT2D eigenvalue weighted by molar-refractivity contribution is 0.366. The lowest BCUT2D eigenvalue weighted by atomic mass is 9.90. The molecule has 0 aliphatic carbocycles. The number of benzene rings is 1. The molecule has 2 heteroatoms. The van der Waals surface area contributed by atoms with E-state index >= 15 is 0 Å². The molecule has 0 aromatic heterocycles. The van der Waals surface area contributed by atoms with Crippen molar-refractivity contribution < 1.29 is 0 Å². The van der Waals surface area contributed by atoms with Crippen molar-refractivity contribution in [2.45, 2.75) is 46.6 Å². The summed E-state index contributed by atoms with van der Waals surface area (Å²) in [5.74, 6) is 1.53. The van der Waals surface area contributed by atoms with E-state index in [0.29, 0.717) is 6.04 Å². The highest BCUT2D eigenvalue weighted by molar-refractivity contribution is 9.10. The lowest BCUT2D eigenvalue weighted by Gasteiger charge is -2.22. The van der Waals surface area contributed by atoms with Gasteiger partial charge in [-0.05, 0) is 55.8 Å². The van der Waals surface area contributed by atoms with Crippen LogP contribution in [0.5, 0.6) is 0 Å². The maximum Gasteiger partial charge on any atom is 0.0320 e. The molecule has 0 bridgehead atoms. The topological polar surface area (TPSA) is 12.0 Å². The highest BCUT2D eigenvalue weighted by atomic mass is 79.9. The standard InChI is InChI=1S/C16H26BrN/c1-11(2)8-12(3)9-16(18-5)14-7-6-13(4)15(17)10-14/h6-7,10-12,16,18H,8-9H2,1-5H3. The number of rotatable bonds is 6. The molecular weight excluding hydrogens is 286 g/mol. The van der Waals surface area contributed by atoms with Gasteiger partial charge < -0.3 is 5.32 Å². The third kappa shape index (κ3) is 4.74. The van der Waals surface area contributed by atoms with Crippen LogP contribution in [0.3, 0.4) is 0 Å². The van der Waals surface area contributed by atoms with Gasteiger partial charge in [0.2, 0.25) is 0 Å². The average Bonchev–Trinajstić information content (AvgIpc) is 2.29. The molecule has 0 saturated heterocycles. The molecule has 2 unspecified atom stereocenters. The van der Waals surface area contributed by atoms with Crippen LogP contribution >= 0.6 is 15.9 Å². The van der Waals surface area contributed by atoms with Crippen LogP contribution in [0, 0.1) is 18.8 Å². The molecular formula is C16H26BrN. The molecule has 0 saturated carbocycles. The van der Waals surface area contributed by atoms with E-state index in [-0.39, 0.29) is 0 Å². The molecule has 2 atom stereocenters. The van der Waals surface area contributed by atoms with Crippen molar-refractivity contribution in [3.63, 3.8) is 0 Å². The summed E-state index contributed by atoms with van der Waals surface area (Å²) in [5, 5.41) is 3.45. The SMILES string of the molecule is CNC(CC(C)CC(C)C)c1ccc(C)c(Br)c1. The maximum absolute atomic E-state index is 3.62. The van der Waals surface area contributed by atoms with Crippen LogP contribution in [-0.4, -0.2) is 7.05 Å². The van der Waals surface area contributed by atoms with Crippen molar-refractivity contribution in [1.29, 1.82) is 0 Å². The second-order valence-corrected chi connectivity index (χ2v) is 6.67. The average molecular weight is 312 g/mol. The fraction of sp³-hybridized carbons (Fsp3) is 0.625. The van der Waals surface area contributed by atoms with Crippen LogP contribution in [0.4, 0.5) is 0 Å². The van der Waals surface area contributed by atoms with Gasteiger partial charge in [-0.25, -0.2) is 0 Å². The van der Waals surface area contributed by atoms with Gasteiger partial charge in [0.15, 0.2) is 0 Å². The Balaban J connectivity index is 2.73. The number of hydrogen-bond donors (Lipinski definition) is 1. The van der Waals surface area contributed by atoms with E-state index in [4.69, 9.17) is 0 Å². The van der Waals surface area contributed by atoms with Crippen LogP contribution in [0.25, 0.3) is 0 Å². The van der Waals surface area contributed by atoms with Gasteiger partial charge in [0, 0.05) is 10.5 Å². The van der Waals surface area contributed by atoms with Gasteiger partial charge in [-0.2, -0.15) is 0 Å². The van der Waals surface area contributed by atoms with E-state index in [9.17, 15) is 0 Å². The molecule has 0 aliphatic rings. The summed E-state index contributed by atoms with van der Waals surface area (Å²) < 4.78 is 1.21. The van der Waals surface area contributed by atoms with Gasteiger partial charge in [0.1, 0.15) is 0 Å². The first kappa shape index (κ1) is 15.7. The van der Waals surface area contributed by atoms with Crippen molar-refractivity contribution in [3.05, 3.63) is 33.8 Å². The second kappa shape index (κ2) is 7.30. The molecule has 1 aromatic carbocycles. The first-order valence-corrected chi connectivity index (χ1v) is 7.66. The Morgan fingerprint density at radius 3 is 2.33 bits per heavy atom. The molecule has 102 valence electrons. The van der Waals surface area contributed by atoms with Gasteiger partial charge in [-0.3, -0.25) is 0 Å². The smallest absolute Gasteiger partial charge is 0.0320 e. The van der Waals surface area contributed by atoms with Crippen molar-refractivity contribution in [2.24, 2.45) is 11.8 Å². The largest absolute Gasteiger partial charge is 0.313 e. The van der Waals surface area contributed by atoms with Crippen molar-refractivity contribution in [2.75, 3.05) is 7.05 Å². The fourth-order valence-electron chi connectivity index (χ4n) is 2.55. The van der Waals surface area contributed by atoms with Gasteiger partial charge in [-0.15, -0.1) is 0 Å².